The number of nitrogens with zero attached hydrogens (tertiary/aromatic N) is 2. The van der Waals surface area contributed by atoms with Crippen LogP contribution in [0.3, 0.4) is 0 Å². The topological polar surface area (TPSA) is 90.3 Å². The van der Waals surface area contributed by atoms with Crippen molar-refractivity contribution in [3.8, 4) is 11.5 Å². The van der Waals surface area contributed by atoms with Crippen molar-refractivity contribution in [1.82, 2.24) is 9.80 Å². The quantitative estimate of drug-likeness (QED) is 0.384. The summed E-state index contributed by atoms with van der Waals surface area (Å²) in [5.41, 5.74) is 0.681. The Balaban J connectivity index is 2.18. The lowest BCUT2D eigenvalue weighted by Crippen LogP contribution is -2.35. The third-order valence-corrected chi connectivity index (χ3v) is 5.57. The second kappa shape index (κ2) is 9.18. The van der Waals surface area contributed by atoms with E-state index in [1.165, 1.54) is 36.3 Å². The van der Waals surface area contributed by atoms with Crippen LogP contribution < -0.4 is 4.74 Å². The lowest BCUT2D eigenvalue weighted by atomic mass is 9.95. The molecule has 1 atom stereocenters. The molecule has 164 valence electrons. The van der Waals surface area contributed by atoms with Gasteiger partial charge in [0.15, 0.2) is 5.75 Å². The molecule has 0 bridgehead atoms. The van der Waals surface area contributed by atoms with Crippen LogP contribution in [0, 0.1) is 0 Å². The molecule has 0 aliphatic carbocycles. The summed E-state index contributed by atoms with van der Waals surface area (Å²) in [6.45, 7) is 0.784. The number of aliphatic hydroxyl groups is 1. The third-order valence-electron chi connectivity index (χ3n) is 5.01. The van der Waals surface area contributed by atoms with E-state index in [0.717, 1.165) is 0 Å². The second-order valence-corrected chi connectivity index (χ2v) is 8.17. The van der Waals surface area contributed by atoms with Gasteiger partial charge in [0.05, 0.1) is 28.8 Å². The van der Waals surface area contributed by atoms with Gasteiger partial charge in [-0.05, 0) is 43.9 Å². The molecule has 0 radical (unpaired) electrons. The number of aliphatic hydroxyl groups excluding tert-OH is 1. The van der Waals surface area contributed by atoms with Crippen molar-refractivity contribution in [3.05, 3.63) is 63.1 Å². The molecule has 2 aromatic carbocycles. The highest BCUT2D eigenvalue weighted by Gasteiger charge is 2.46. The standard InChI is InChI=1S/C22H22Cl2N2O5/c1-25(2)8-9-26-18(12-4-6-14(27)7-5-12)17(20(29)22(26)30)19(28)13-10-15(23)21(31-3)16(24)11-13/h4-7,10-11,18,27-28H,8-9H2,1-3H3/b19-17+. The van der Waals surface area contributed by atoms with Crippen LogP contribution >= 0.6 is 23.2 Å². The molecule has 0 aromatic heterocycles. The van der Waals surface area contributed by atoms with Crippen LogP contribution in [0.15, 0.2) is 42.0 Å². The molecule has 3 rings (SSSR count). The van der Waals surface area contributed by atoms with Gasteiger partial charge < -0.3 is 24.7 Å². The van der Waals surface area contributed by atoms with Crippen LogP contribution in [0.2, 0.25) is 10.0 Å². The van der Waals surface area contributed by atoms with E-state index < -0.39 is 23.5 Å². The Bertz CT molecular complexity index is 1030. The number of ether oxygens (including phenoxy) is 1. The van der Waals surface area contributed by atoms with E-state index in [0.29, 0.717) is 12.1 Å². The highest BCUT2D eigenvalue weighted by molar-refractivity contribution is 6.46. The maximum atomic E-state index is 13.0. The van der Waals surface area contributed by atoms with Gasteiger partial charge in [-0.3, -0.25) is 9.59 Å². The van der Waals surface area contributed by atoms with Gasteiger partial charge in [0.2, 0.25) is 0 Å². The number of amides is 1. The smallest absolute Gasteiger partial charge is 0.295 e. The number of rotatable bonds is 6. The van der Waals surface area contributed by atoms with Crippen LogP contribution in [0.25, 0.3) is 5.76 Å². The number of aromatic hydroxyl groups is 1. The fourth-order valence-corrected chi connectivity index (χ4v) is 4.11. The minimum absolute atomic E-state index is 0.0442. The molecule has 2 N–H and O–H groups in total. The summed E-state index contributed by atoms with van der Waals surface area (Å²) in [7, 11) is 5.12. The highest BCUT2D eigenvalue weighted by Crippen LogP contribution is 2.42. The van der Waals surface area contributed by atoms with E-state index in [-0.39, 0.29) is 39.2 Å². The maximum absolute atomic E-state index is 13.0. The number of carbonyl (C=O) groups is 2. The van der Waals surface area contributed by atoms with Crippen LogP contribution in [0.4, 0.5) is 0 Å². The van der Waals surface area contributed by atoms with Crippen molar-refractivity contribution in [2.24, 2.45) is 0 Å². The number of ketones is 1. The normalized spacial score (nSPS) is 18.1. The highest BCUT2D eigenvalue weighted by atomic mass is 35.5. The van der Waals surface area contributed by atoms with E-state index in [1.54, 1.807) is 12.1 Å². The number of phenols is 1. The first kappa shape index (κ1) is 22.9. The first-order chi connectivity index (χ1) is 14.6. The fourth-order valence-electron chi connectivity index (χ4n) is 3.47. The Morgan fingerprint density at radius 1 is 1.13 bits per heavy atom. The number of carbonyl (C=O) groups excluding carboxylic acids is 2. The first-order valence-corrected chi connectivity index (χ1v) is 10.2. The van der Waals surface area contributed by atoms with Crippen LogP contribution in [-0.4, -0.2) is 66.0 Å². The molecule has 1 saturated heterocycles. The molecular weight excluding hydrogens is 443 g/mol. The van der Waals surface area contributed by atoms with Gasteiger partial charge in [-0.15, -0.1) is 0 Å². The SMILES string of the molecule is COc1c(Cl)cc(/C(O)=C2\C(=O)C(=O)N(CCN(C)C)C2c2ccc(O)cc2)cc1Cl. The summed E-state index contributed by atoms with van der Waals surface area (Å²) >= 11 is 12.4. The van der Waals surface area contributed by atoms with Gasteiger partial charge >= 0.3 is 0 Å². The molecule has 1 fully saturated rings. The molecule has 1 aliphatic rings. The molecular formula is C22H22Cl2N2O5. The molecule has 1 amide bonds. The summed E-state index contributed by atoms with van der Waals surface area (Å²) in [5, 5.41) is 21.0. The molecule has 2 aromatic rings. The zero-order valence-electron chi connectivity index (χ0n) is 17.2. The Morgan fingerprint density at radius 3 is 2.23 bits per heavy atom. The molecule has 9 heteroatoms. The molecule has 1 heterocycles. The molecule has 1 aliphatic heterocycles. The van der Waals surface area contributed by atoms with Gasteiger partial charge in [-0.2, -0.15) is 0 Å². The van der Waals surface area contributed by atoms with E-state index in [1.807, 2.05) is 19.0 Å². The summed E-state index contributed by atoms with van der Waals surface area (Å²) in [6.07, 6.45) is 0. The van der Waals surface area contributed by atoms with Crippen LogP contribution in [0.1, 0.15) is 17.2 Å². The summed E-state index contributed by atoms with van der Waals surface area (Å²) in [6, 6.07) is 8.14. The van der Waals surface area contributed by atoms with Crippen molar-refractivity contribution >= 4 is 40.7 Å². The van der Waals surface area contributed by atoms with Crippen molar-refractivity contribution < 1.29 is 24.5 Å². The predicted molar refractivity (Wildman–Crippen MR) is 119 cm³/mol. The molecule has 1 unspecified atom stereocenters. The first-order valence-electron chi connectivity index (χ1n) is 9.41. The zero-order chi connectivity index (χ0) is 22.9. The van der Waals surface area contributed by atoms with E-state index in [2.05, 4.69) is 0 Å². The van der Waals surface area contributed by atoms with E-state index in [9.17, 15) is 19.8 Å². The minimum atomic E-state index is -0.833. The van der Waals surface area contributed by atoms with Crippen LogP contribution in [-0.2, 0) is 9.59 Å². The fraction of sp³-hybridized carbons (Fsp3) is 0.273. The molecule has 0 saturated carbocycles. The van der Waals surface area contributed by atoms with E-state index in [4.69, 9.17) is 27.9 Å². The number of likely N-dealkylation sites (N-methyl/N-ethyl adjacent to an activating group) is 1. The number of hydrogen-bond donors (Lipinski definition) is 2. The predicted octanol–water partition coefficient (Wildman–Crippen LogP) is 3.69. The average molecular weight is 465 g/mol. The summed E-state index contributed by atoms with van der Waals surface area (Å²) in [4.78, 5) is 29.1. The summed E-state index contributed by atoms with van der Waals surface area (Å²) < 4.78 is 5.13. The molecule has 7 nitrogen and oxygen atoms in total. The number of halogens is 2. The van der Waals surface area contributed by atoms with Crippen molar-refractivity contribution in [2.45, 2.75) is 6.04 Å². The molecule has 0 spiro atoms. The number of Topliss-reactive ketones (excluding diaryl/α,β-unsaturated/α-hetero) is 1. The Labute approximate surface area is 190 Å². The lowest BCUT2D eigenvalue weighted by Gasteiger charge is -2.26. The minimum Gasteiger partial charge on any atom is -0.508 e. The zero-order valence-corrected chi connectivity index (χ0v) is 18.7. The monoisotopic (exact) mass is 464 g/mol. The Kier molecular flexibility index (Phi) is 6.79. The number of benzene rings is 2. The molecule has 31 heavy (non-hydrogen) atoms. The van der Waals surface area contributed by atoms with Gasteiger partial charge in [0, 0.05) is 18.7 Å². The van der Waals surface area contributed by atoms with Crippen molar-refractivity contribution in [3.63, 3.8) is 0 Å². The lowest BCUT2D eigenvalue weighted by molar-refractivity contribution is -0.140. The number of phenolic OH excluding ortho intramolecular Hbond substituents is 1. The third kappa shape index (κ3) is 4.49. The van der Waals surface area contributed by atoms with Gasteiger partial charge in [0.25, 0.3) is 11.7 Å². The largest absolute Gasteiger partial charge is 0.508 e. The maximum Gasteiger partial charge on any atom is 0.295 e. The van der Waals surface area contributed by atoms with Gasteiger partial charge in [-0.1, -0.05) is 35.3 Å². The van der Waals surface area contributed by atoms with Crippen molar-refractivity contribution in [1.29, 1.82) is 0 Å². The van der Waals surface area contributed by atoms with E-state index >= 15 is 0 Å². The number of likely N-dealkylation sites (tertiary alicyclic amines) is 1. The average Bonchev–Trinajstić information content (AvgIpc) is 2.96. The van der Waals surface area contributed by atoms with Crippen LogP contribution in [0.5, 0.6) is 11.5 Å². The summed E-state index contributed by atoms with van der Waals surface area (Å²) in [5.74, 6) is -1.64. The Hall–Kier alpha value is -2.74. The van der Waals surface area contributed by atoms with Gasteiger partial charge in [-0.25, -0.2) is 0 Å². The van der Waals surface area contributed by atoms with Gasteiger partial charge in [0.1, 0.15) is 11.5 Å². The Morgan fingerprint density at radius 2 is 1.71 bits per heavy atom. The number of methoxy groups -OCH3 is 1. The second-order valence-electron chi connectivity index (χ2n) is 7.36. The van der Waals surface area contributed by atoms with Crippen molar-refractivity contribution in [2.75, 3.05) is 34.3 Å². The number of hydrogen-bond acceptors (Lipinski definition) is 6.